The zero-order chi connectivity index (χ0) is 23.7. The molecule has 168 valence electrons. The number of methoxy groups -OCH3 is 1. The number of nitrogens with one attached hydrogen (secondary N) is 1. The van der Waals surface area contributed by atoms with Gasteiger partial charge in [-0.05, 0) is 42.5 Å². The summed E-state index contributed by atoms with van der Waals surface area (Å²) in [6, 6.07) is 16.9. The predicted octanol–water partition coefficient (Wildman–Crippen LogP) is 4.44. The Balaban J connectivity index is 1.83. The molecule has 0 unspecified atom stereocenters. The smallest absolute Gasteiger partial charge is 0.282 e. The van der Waals surface area contributed by atoms with Gasteiger partial charge in [0.1, 0.15) is 11.4 Å². The first-order valence-electron chi connectivity index (χ1n) is 10.1. The van der Waals surface area contributed by atoms with Crippen LogP contribution in [0.15, 0.2) is 72.4 Å². The second-order valence-corrected chi connectivity index (χ2v) is 7.56. The zero-order valence-electron chi connectivity index (χ0n) is 18.2. The number of anilines is 3. The van der Waals surface area contributed by atoms with Crippen molar-refractivity contribution in [1.82, 2.24) is 0 Å². The summed E-state index contributed by atoms with van der Waals surface area (Å²) in [5, 5.41) is 3.04. The van der Waals surface area contributed by atoms with Gasteiger partial charge in [0.05, 0.1) is 18.4 Å². The number of amides is 2. The maximum absolute atomic E-state index is 13.9. The van der Waals surface area contributed by atoms with E-state index in [1.54, 1.807) is 36.4 Å². The highest BCUT2D eigenvalue weighted by atomic mass is 19.2. The third-order valence-electron chi connectivity index (χ3n) is 5.27. The number of rotatable bonds is 6. The van der Waals surface area contributed by atoms with Gasteiger partial charge in [-0.15, -0.1) is 0 Å². The minimum atomic E-state index is -1.16. The first-order valence-corrected chi connectivity index (χ1v) is 10.1. The number of benzene rings is 3. The Morgan fingerprint density at radius 3 is 2.21 bits per heavy atom. The highest BCUT2D eigenvalue weighted by Gasteiger charge is 2.41. The van der Waals surface area contributed by atoms with Crippen LogP contribution in [-0.2, 0) is 9.59 Å². The van der Waals surface area contributed by atoms with Crippen molar-refractivity contribution >= 4 is 34.4 Å². The summed E-state index contributed by atoms with van der Waals surface area (Å²) in [5.74, 6) is -3.21. The molecule has 0 aromatic heterocycles. The maximum atomic E-state index is 13.9. The van der Waals surface area contributed by atoms with Crippen molar-refractivity contribution in [2.24, 2.45) is 0 Å². The number of ether oxygens (including phenoxy) is 1. The third kappa shape index (κ3) is 4.03. The Hall–Kier alpha value is -4.20. The molecule has 1 heterocycles. The van der Waals surface area contributed by atoms with Gasteiger partial charge in [0, 0.05) is 37.1 Å². The van der Waals surface area contributed by atoms with Crippen molar-refractivity contribution in [3.05, 3.63) is 89.6 Å². The highest BCUT2D eigenvalue weighted by Crippen LogP contribution is 2.37. The van der Waals surface area contributed by atoms with Crippen LogP contribution in [0.1, 0.15) is 5.56 Å². The van der Waals surface area contributed by atoms with E-state index in [1.807, 2.05) is 31.1 Å². The number of carbonyl (C=O) groups is 2. The number of hydrogen-bond donors (Lipinski definition) is 1. The van der Waals surface area contributed by atoms with Crippen LogP contribution in [0.25, 0.3) is 5.57 Å². The van der Waals surface area contributed by atoms with Crippen molar-refractivity contribution in [3.63, 3.8) is 0 Å². The molecular formula is C25H21F2N3O3. The Kier molecular flexibility index (Phi) is 5.83. The second-order valence-electron chi connectivity index (χ2n) is 7.56. The fourth-order valence-corrected chi connectivity index (χ4v) is 3.59. The van der Waals surface area contributed by atoms with Gasteiger partial charge in [0.15, 0.2) is 11.6 Å². The van der Waals surface area contributed by atoms with E-state index in [0.717, 1.165) is 22.7 Å². The van der Waals surface area contributed by atoms with Crippen LogP contribution < -0.4 is 19.9 Å². The fraction of sp³-hybridized carbons (Fsp3) is 0.120. The fourth-order valence-electron chi connectivity index (χ4n) is 3.59. The summed E-state index contributed by atoms with van der Waals surface area (Å²) in [7, 11) is 5.27. The van der Waals surface area contributed by atoms with Gasteiger partial charge >= 0.3 is 0 Å². The van der Waals surface area contributed by atoms with Crippen molar-refractivity contribution in [2.45, 2.75) is 0 Å². The topological polar surface area (TPSA) is 61.9 Å². The number of hydrogen-bond acceptors (Lipinski definition) is 5. The van der Waals surface area contributed by atoms with Crippen molar-refractivity contribution in [3.8, 4) is 5.75 Å². The molecule has 0 saturated heterocycles. The van der Waals surface area contributed by atoms with Crippen LogP contribution in [0.5, 0.6) is 5.75 Å². The van der Waals surface area contributed by atoms with E-state index >= 15 is 0 Å². The lowest BCUT2D eigenvalue weighted by Gasteiger charge is -2.16. The largest absolute Gasteiger partial charge is 0.496 e. The first-order chi connectivity index (χ1) is 15.8. The van der Waals surface area contributed by atoms with Crippen molar-refractivity contribution in [1.29, 1.82) is 0 Å². The Morgan fingerprint density at radius 2 is 1.58 bits per heavy atom. The standard InChI is InChI=1S/C25H21F2N3O3/c1-29(2)16-10-8-15(9-11-16)28-23-22(18-6-4-5-7-21(18)33-3)24(31)30(25(23)32)17-12-13-19(26)20(27)14-17/h4-14,28H,1-3H3. The molecule has 1 aliphatic heterocycles. The van der Waals surface area contributed by atoms with E-state index < -0.39 is 23.4 Å². The van der Waals surface area contributed by atoms with Gasteiger partial charge in [-0.25, -0.2) is 13.7 Å². The van der Waals surface area contributed by atoms with E-state index in [0.29, 0.717) is 17.0 Å². The molecule has 2 amide bonds. The van der Waals surface area contributed by atoms with Crippen LogP contribution in [-0.4, -0.2) is 33.0 Å². The molecule has 6 nitrogen and oxygen atoms in total. The molecule has 8 heteroatoms. The molecule has 0 saturated carbocycles. The van der Waals surface area contributed by atoms with Crippen LogP contribution >= 0.6 is 0 Å². The predicted molar refractivity (Wildman–Crippen MR) is 123 cm³/mol. The number of carbonyl (C=O) groups excluding carboxylic acids is 2. The van der Waals surface area contributed by atoms with Crippen LogP contribution in [0.4, 0.5) is 25.8 Å². The number of nitrogens with zero attached hydrogens (tertiary/aromatic N) is 2. The van der Waals surface area contributed by atoms with Gasteiger partial charge in [-0.2, -0.15) is 0 Å². The molecule has 3 aromatic rings. The molecule has 1 N–H and O–H groups in total. The quantitative estimate of drug-likeness (QED) is 0.564. The van der Waals surface area contributed by atoms with E-state index in [-0.39, 0.29) is 17.0 Å². The normalized spacial score (nSPS) is 13.5. The Labute approximate surface area is 189 Å². The van der Waals surface area contributed by atoms with E-state index in [9.17, 15) is 18.4 Å². The monoisotopic (exact) mass is 449 g/mol. The molecular weight excluding hydrogens is 428 g/mol. The number of para-hydroxylation sites is 1. The first kappa shape index (κ1) is 22.0. The molecule has 0 radical (unpaired) electrons. The van der Waals surface area contributed by atoms with Gasteiger partial charge in [0.25, 0.3) is 11.8 Å². The summed E-state index contributed by atoms with van der Waals surface area (Å²) >= 11 is 0. The summed E-state index contributed by atoms with van der Waals surface area (Å²) in [6.07, 6.45) is 0. The van der Waals surface area contributed by atoms with Gasteiger partial charge in [-0.1, -0.05) is 18.2 Å². The Morgan fingerprint density at radius 1 is 0.879 bits per heavy atom. The molecule has 33 heavy (non-hydrogen) atoms. The minimum Gasteiger partial charge on any atom is -0.496 e. The molecule has 0 spiro atoms. The minimum absolute atomic E-state index is 0.00633. The van der Waals surface area contributed by atoms with Crippen molar-refractivity contribution in [2.75, 3.05) is 36.3 Å². The van der Waals surface area contributed by atoms with Crippen LogP contribution in [0, 0.1) is 11.6 Å². The summed E-state index contributed by atoms with van der Waals surface area (Å²) in [6.45, 7) is 0. The lowest BCUT2D eigenvalue weighted by Crippen LogP contribution is -2.32. The van der Waals surface area contributed by atoms with E-state index in [1.165, 1.54) is 13.2 Å². The molecule has 0 aliphatic carbocycles. The van der Waals surface area contributed by atoms with Crippen LogP contribution in [0.3, 0.4) is 0 Å². The lowest BCUT2D eigenvalue weighted by atomic mass is 10.0. The molecule has 0 atom stereocenters. The maximum Gasteiger partial charge on any atom is 0.282 e. The van der Waals surface area contributed by atoms with Crippen LogP contribution in [0.2, 0.25) is 0 Å². The highest BCUT2D eigenvalue weighted by molar-refractivity contribution is 6.46. The van der Waals surface area contributed by atoms with Gasteiger partial charge in [-0.3, -0.25) is 9.59 Å². The van der Waals surface area contributed by atoms with Gasteiger partial charge < -0.3 is 15.0 Å². The summed E-state index contributed by atoms with van der Waals surface area (Å²) in [4.78, 5) is 29.6. The average Bonchev–Trinajstić information content (AvgIpc) is 3.05. The molecule has 0 fully saturated rings. The zero-order valence-corrected chi connectivity index (χ0v) is 18.2. The summed E-state index contributed by atoms with van der Waals surface area (Å²) in [5.41, 5.74) is 1.94. The molecule has 0 bridgehead atoms. The SMILES string of the molecule is COc1ccccc1C1=C(Nc2ccc(N(C)C)cc2)C(=O)N(c2ccc(F)c(F)c2)C1=O. The molecule has 1 aliphatic rings. The average molecular weight is 449 g/mol. The van der Waals surface area contributed by atoms with E-state index in [2.05, 4.69) is 5.32 Å². The lowest BCUT2D eigenvalue weighted by molar-refractivity contribution is -0.120. The Bertz CT molecular complexity index is 1270. The molecule has 4 rings (SSSR count). The van der Waals surface area contributed by atoms with Crippen molar-refractivity contribution < 1.29 is 23.1 Å². The van der Waals surface area contributed by atoms with E-state index in [4.69, 9.17) is 4.74 Å². The molecule has 3 aromatic carbocycles. The number of halogens is 2. The van der Waals surface area contributed by atoms with Gasteiger partial charge in [0.2, 0.25) is 0 Å². The number of imide groups is 1. The third-order valence-corrected chi connectivity index (χ3v) is 5.27. The summed E-state index contributed by atoms with van der Waals surface area (Å²) < 4.78 is 32.8. The second kappa shape index (κ2) is 8.74.